The highest BCUT2D eigenvalue weighted by atomic mass is 16.5. The largest absolute Gasteiger partial charge is 0.571 e. The Hall–Kier alpha value is -1.62. The number of nitrogens with two attached hydrogens (primary N) is 1. The number of nitrogens with zero attached hydrogens (tertiary/aromatic N) is 3. The second kappa shape index (κ2) is 2.46. The molecule has 0 saturated heterocycles. The Labute approximate surface area is 68.6 Å². The molecular weight excluding hydrogens is 156 g/mol. The number of rotatable bonds is 1. The zero-order valence-corrected chi connectivity index (χ0v) is 6.34. The lowest BCUT2D eigenvalue weighted by atomic mass is 10.3. The Morgan fingerprint density at radius 2 is 2.25 bits per heavy atom. The molecule has 0 aliphatic rings. The first-order valence-electron chi connectivity index (χ1n) is 3.58. The summed E-state index contributed by atoms with van der Waals surface area (Å²) in [5.74, 6) is 0. The standard InChI is InChI=1S/C7H8N4O/c8-5-10-7-4-2-1-3-6(7)9-11(10)12/h1-4H,5,8H2. The summed E-state index contributed by atoms with van der Waals surface area (Å²) in [4.78, 5) is 0.505. The zero-order chi connectivity index (χ0) is 8.55. The molecule has 2 rings (SSSR count). The van der Waals surface area contributed by atoms with Crippen LogP contribution < -0.4 is 10.7 Å². The third kappa shape index (κ3) is 0.835. The van der Waals surface area contributed by atoms with Crippen LogP contribution in [0, 0.1) is 5.21 Å². The topological polar surface area (TPSA) is 70.8 Å². The van der Waals surface area contributed by atoms with E-state index in [9.17, 15) is 5.21 Å². The van der Waals surface area contributed by atoms with Crippen molar-refractivity contribution in [3.8, 4) is 0 Å². The van der Waals surface area contributed by atoms with E-state index in [1.807, 2.05) is 18.2 Å². The van der Waals surface area contributed by atoms with E-state index in [-0.39, 0.29) is 6.67 Å². The number of aromatic nitrogens is 3. The van der Waals surface area contributed by atoms with Gasteiger partial charge in [-0.15, -0.1) is 4.68 Å². The van der Waals surface area contributed by atoms with Crippen LogP contribution in [-0.4, -0.2) is 9.78 Å². The van der Waals surface area contributed by atoms with Crippen LogP contribution in [0.5, 0.6) is 0 Å². The lowest BCUT2D eigenvalue weighted by molar-refractivity contribution is -0.746. The molecule has 2 N–H and O–H groups in total. The highest BCUT2D eigenvalue weighted by Crippen LogP contribution is 2.06. The minimum absolute atomic E-state index is 0.143. The van der Waals surface area contributed by atoms with E-state index in [0.717, 1.165) is 5.52 Å². The van der Waals surface area contributed by atoms with Crippen LogP contribution in [0.4, 0.5) is 0 Å². The van der Waals surface area contributed by atoms with Crippen molar-refractivity contribution >= 4 is 11.0 Å². The van der Waals surface area contributed by atoms with Crippen LogP contribution >= 0.6 is 0 Å². The number of hydrogen-bond donors (Lipinski definition) is 1. The van der Waals surface area contributed by atoms with E-state index < -0.39 is 0 Å². The van der Waals surface area contributed by atoms with Gasteiger partial charge in [0.1, 0.15) is 12.2 Å². The molecule has 0 saturated carbocycles. The molecule has 0 radical (unpaired) electrons. The van der Waals surface area contributed by atoms with Gasteiger partial charge in [-0.05, 0) is 12.1 Å². The van der Waals surface area contributed by atoms with E-state index in [1.54, 1.807) is 6.07 Å². The zero-order valence-electron chi connectivity index (χ0n) is 6.34. The molecule has 5 heteroatoms. The maximum absolute atomic E-state index is 11.1. The van der Waals surface area contributed by atoms with Gasteiger partial charge in [0.05, 0.1) is 0 Å². The molecule has 0 atom stereocenters. The van der Waals surface area contributed by atoms with Crippen molar-refractivity contribution in [3.05, 3.63) is 29.5 Å². The van der Waals surface area contributed by atoms with Gasteiger partial charge in [0.2, 0.25) is 0 Å². The van der Waals surface area contributed by atoms with Crippen molar-refractivity contribution in [2.45, 2.75) is 6.67 Å². The molecule has 0 unspecified atom stereocenters. The summed E-state index contributed by atoms with van der Waals surface area (Å²) < 4.78 is 1.36. The van der Waals surface area contributed by atoms with Crippen molar-refractivity contribution in [1.82, 2.24) is 9.78 Å². The molecule has 2 aromatic rings. The number of benzene rings is 1. The molecule has 1 aromatic carbocycles. The van der Waals surface area contributed by atoms with Crippen LogP contribution in [0.25, 0.3) is 11.0 Å². The van der Waals surface area contributed by atoms with Crippen molar-refractivity contribution in [2.75, 3.05) is 0 Å². The van der Waals surface area contributed by atoms with Gasteiger partial charge < -0.3 is 10.9 Å². The van der Waals surface area contributed by atoms with Gasteiger partial charge in [-0.25, -0.2) is 0 Å². The van der Waals surface area contributed by atoms with Crippen LogP contribution in [0.15, 0.2) is 24.3 Å². The molecule has 0 spiro atoms. The van der Waals surface area contributed by atoms with E-state index in [0.29, 0.717) is 10.5 Å². The van der Waals surface area contributed by atoms with E-state index >= 15 is 0 Å². The average molecular weight is 164 g/mol. The molecule has 62 valence electrons. The van der Waals surface area contributed by atoms with E-state index in [4.69, 9.17) is 5.73 Å². The predicted molar refractivity (Wildman–Crippen MR) is 42.9 cm³/mol. The Morgan fingerprint density at radius 3 is 3.00 bits per heavy atom. The third-order valence-corrected chi connectivity index (χ3v) is 1.73. The summed E-state index contributed by atoms with van der Waals surface area (Å²) in [6.07, 6.45) is 0. The summed E-state index contributed by atoms with van der Waals surface area (Å²) in [5.41, 5.74) is 6.79. The molecular formula is C7H8N4O. The van der Waals surface area contributed by atoms with Crippen molar-refractivity contribution < 1.29 is 4.96 Å². The van der Waals surface area contributed by atoms with Gasteiger partial charge in [0.15, 0.2) is 5.52 Å². The summed E-state index contributed by atoms with van der Waals surface area (Å²) in [6, 6.07) is 7.26. The summed E-state index contributed by atoms with van der Waals surface area (Å²) in [6.45, 7) is 0.143. The minimum atomic E-state index is 0.143. The second-order valence-electron chi connectivity index (χ2n) is 2.42. The molecule has 1 heterocycles. The normalized spacial score (nSPS) is 10.8. The molecule has 1 aromatic heterocycles. The first kappa shape index (κ1) is 7.05. The first-order valence-corrected chi connectivity index (χ1v) is 3.58. The quantitative estimate of drug-likeness (QED) is 0.460. The van der Waals surface area contributed by atoms with E-state index in [2.05, 4.69) is 5.10 Å². The second-order valence-corrected chi connectivity index (χ2v) is 2.42. The van der Waals surface area contributed by atoms with Crippen molar-refractivity contribution in [2.24, 2.45) is 5.73 Å². The Morgan fingerprint density at radius 1 is 1.50 bits per heavy atom. The maximum Gasteiger partial charge on any atom is 0.164 e. The SMILES string of the molecule is NCn1c2ccccc2n[n+]1[O-]. The highest BCUT2D eigenvalue weighted by Gasteiger charge is 2.09. The highest BCUT2D eigenvalue weighted by molar-refractivity contribution is 5.72. The van der Waals surface area contributed by atoms with E-state index in [1.165, 1.54) is 4.68 Å². The maximum atomic E-state index is 11.1. The summed E-state index contributed by atoms with van der Waals surface area (Å²) in [7, 11) is 0. The number of para-hydroxylation sites is 1. The minimum Gasteiger partial charge on any atom is -0.571 e. The molecule has 0 aliphatic carbocycles. The summed E-state index contributed by atoms with van der Waals surface area (Å²) >= 11 is 0. The van der Waals surface area contributed by atoms with Gasteiger partial charge in [0, 0.05) is 10.1 Å². The summed E-state index contributed by atoms with van der Waals surface area (Å²) in [5, 5.41) is 14.8. The Bertz CT molecular complexity index is 409. The predicted octanol–water partition coefficient (Wildman–Crippen LogP) is -0.414. The van der Waals surface area contributed by atoms with Crippen molar-refractivity contribution in [1.29, 1.82) is 0 Å². The van der Waals surface area contributed by atoms with Gasteiger partial charge in [-0.2, -0.15) is 0 Å². The van der Waals surface area contributed by atoms with Gasteiger partial charge in [-0.3, -0.25) is 0 Å². The van der Waals surface area contributed by atoms with Gasteiger partial charge in [-0.1, -0.05) is 12.1 Å². The Kier molecular flexibility index (Phi) is 1.44. The molecule has 12 heavy (non-hydrogen) atoms. The van der Waals surface area contributed by atoms with Crippen LogP contribution in [0.2, 0.25) is 0 Å². The van der Waals surface area contributed by atoms with Crippen LogP contribution in [-0.2, 0) is 6.67 Å². The monoisotopic (exact) mass is 164 g/mol. The Balaban J connectivity index is 2.81. The molecule has 0 amide bonds. The van der Waals surface area contributed by atoms with Gasteiger partial charge >= 0.3 is 0 Å². The smallest absolute Gasteiger partial charge is 0.164 e. The molecule has 0 aliphatic heterocycles. The number of hydrogen-bond acceptors (Lipinski definition) is 3. The van der Waals surface area contributed by atoms with Crippen molar-refractivity contribution in [3.63, 3.8) is 0 Å². The fourth-order valence-electron chi connectivity index (χ4n) is 1.17. The molecule has 0 bridgehead atoms. The molecule has 5 nitrogen and oxygen atoms in total. The van der Waals surface area contributed by atoms with Crippen LogP contribution in [0.3, 0.4) is 0 Å². The molecule has 0 fully saturated rings. The lowest BCUT2D eigenvalue weighted by Gasteiger charge is -1.94. The van der Waals surface area contributed by atoms with Gasteiger partial charge in [0.25, 0.3) is 0 Å². The third-order valence-electron chi connectivity index (χ3n) is 1.73. The fourth-order valence-corrected chi connectivity index (χ4v) is 1.17. The average Bonchev–Trinajstić information content (AvgIpc) is 2.40. The first-order chi connectivity index (χ1) is 5.83. The fraction of sp³-hybridized carbons (Fsp3) is 0.143. The lowest BCUT2D eigenvalue weighted by Crippen LogP contribution is -2.41. The van der Waals surface area contributed by atoms with Crippen LogP contribution in [0.1, 0.15) is 0 Å². The number of fused-ring (bicyclic) bond motifs is 1.